The van der Waals surface area contributed by atoms with Crippen molar-refractivity contribution in [1.82, 2.24) is 0 Å². The van der Waals surface area contributed by atoms with Crippen LogP contribution in [0.1, 0.15) is 53.4 Å². The monoisotopic (exact) mass is 212 g/mol. The second-order valence-electron chi connectivity index (χ2n) is 3.88. The van der Waals surface area contributed by atoms with Crippen LogP contribution in [0.15, 0.2) is 11.6 Å². The second kappa shape index (κ2) is 8.51. The van der Waals surface area contributed by atoms with Gasteiger partial charge in [0.2, 0.25) is 0 Å². The average Bonchev–Trinajstić information content (AvgIpc) is 2.24. The largest absolute Gasteiger partial charge is 0.463 e. The van der Waals surface area contributed by atoms with Crippen LogP contribution in [-0.2, 0) is 9.53 Å². The van der Waals surface area contributed by atoms with Gasteiger partial charge >= 0.3 is 5.97 Å². The molecule has 0 amide bonds. The summed E-state index contributed by atoms with van der Waals surface area (Å²) in [6.07, 6.45) is 6.77. The lowest BCUT2D eigenvalue weighted by atomic mass is 9.97. The number of allylic oxidation sites excluding steroid dienone is 1. The summed E-state index contributed by atoms with van der Waals surface area (Å²) in [5.41, 5.74) is 0.750. The second-order valence-corrected chi connectivity index (χ2v) is 3.88. The van der Waals surface area contributed by atoms with Crippen LogP contribution in [-0.4, -0.2) is 12.6 Å². The van der Waals surface area contributed by atoms with Gasteiger partial charge in [-0.05, 0) is 32.6 Å². The van der Waals surface area contributed by atoms with Crippen molar-refractivity contribution in [2.24, 2.45) is 5.92 Å². The van der Waals surface area contributed by atoms with Gasteiger partial charge in [-0.25, -0.2) is 4.79 Å². The summed E-state index contributed by atoms with van der Waals surface area (Å²) in [5.74, 6) is 0.349. The van der Waals surface area contributed by atoms with Crippen LogP contribution in [0.5, 0.6) is 0 Å². The normalized spacial score (nSPS) is 13.7. The van der Waals surface area contributed by atoms with E-state index in [1.165, 1.54) is 19.3 Å². The number of ether oxygens (including phenoxy) is 1. The molecule has 0 saturated heterocycles. The Hall–Kier alpha value is -0.790. The first-order valence-corrected chi connectivity index (χ1v) is 6.01. The predicted octanol–water partition coefficient (Wildman–Crippen LogP) is 3.71. The molecule has 1 unspecified atom stereocenters. The van der Waals surface area contributed by atoms with E-state index in [2.05, 4.69) is 19.9 Å². The molecule has 0 aliphatic heterocycles. The minimum atomic E-state index is -0.174. The molecule has 2 nitrogen and oxygen atoms in total. The first kappa shape index (κ1) is 14.2. The Labute approximate surface area is 93.7 Å². The SMILES string of the molecule is CCCCC(/C=C(/C)C(=O)OCC)CC. The molecule has 0 aromatic heterocycles. The van der Waals surface area contributed by atoms with E-state index in [0.717, 1.165) is 12.0 Å². The fourth-order valence-corrected chi connectivity index (χ4v) is 1.54. The third kappa shape index (κ3) is 6.32. The molecule has 0 bridgehead atoms. The van der Waals surface area contributed by atoms with Crippen molar-refractivity contribution in [3.63, 3.8) is 0 Å². The maximum Gasteiger partial charge on any atom is 0.333 e. The molecule has 15 heavy (non-hydrogen) atoms. The van der Waals surface area contributed by atoms with Gasteiger partial charge < -0.3 is 4.74 Å². The van der Waals surface area contributed by atoms with Gasteiger partial charge in [0.05, 0.1) is 6.61 Å². The molecule has 0 rings (SSSR count). The van der Waals surface area contributed by atoms with E-state index in [0.29, 0.717) is 12.5 Å². The summed E-state index contributed by atoms with van der Waals surface area (Å²) < 4.78 is 4.95. The maximum atomic E-state index is 11.4. The zero-order chi connectivity index (χ0) is 11.7. The van der Waals surface area contributed by atoms with E-state index in [4.69, 9.17) is 4.74 Å². The minimum absolute atomic E-state index is 0.174. The first-order valence-electron chi connectivity index (χ1n) is 6.01. The Balaban J connectivity index is 4.20. The van der Waals surface area contributed by atoms with Gasteiger partial charge in [-0.3, -0.25) is 0 Å². The van der Waals surface area contributed by atoms with Crippen LogP contribution in [0, 0.1) is 5.92 Å². The van der Waals surface area contributed by atoms with Crippen molar-refractivity contribution in [2.45, 2.75) is 53.4 Å². The molecule has 0 fully saturated rings. The molecule has 0 spiro atoms. The van der Waals surface area contributed by atoms with Gasteiger partial charge in [-0.1, -0.05) is 32.8 Å². The van der Waals surface area contributed by atoms with Gasteiger partial charge in [0, 0.05) is 5.57 Å². The zero-order valence-electron chi connectivity index (χ0n) is 10.5. The lowest BCUT2D eigenvalue weighted by Crippen LogP contribution is -2.07. The highest BCUT2D eigenvalue weighted by Gasteiger charge is 2.08. The van der Waals surface area contributed by atoms with E-state index in [-0.39, 0.29) is 5.97 Å². The average molecular weight is 212 g/mol. The highest BCUT2D eigenvalue weighted by Crippen LogP contribution is 2.16. The minimum Gasteiger partial charge on any atom is -0.463 e. The Morgan fingerprint density at radius 2 is 2.00 bits per heavy atom. The molecule has 0 aromatic carbocycles. The summed E-state index contributed by atoms with van der Waals surface area (Å²) >= 11 is 0. The van der Waals surface area contributed by atoms with Gasteiger partial charge in [0.1, 0.15) is 0 Å². The van der Waals surface area contributed by atoms with Crippen LogP contribution in [0.25, 0.3) is 0 Å². The van der Waals surface area contributed by atoms with E-state index in [1.807, 2.05) is 13.8 Å². The number of unbranched alkanes of at least 4 members (excludes halogenated alkanes) is 1. The van der Waals surface area contributed by atoms with Crippen LogP contribution in [0.2, 0.25) is 0 Å². The number of hydrogen-bond acceptors (Lipinski definition) is 2. The third-order valence-corrected chi connectivity index (χ3v) is 2.54. The number of esters is 1. The molecule has 0 aliphatic carbocycles. The smallest absolute Gasteiger partial charge is 0.333 e. The standard InChI is InChI=1S/C13H24O2/c1-5-8-9-12(6-2)10-11(4)13(14)15-7-3/h10,12H,5-9H2,1-4H3/b11-10-. The lowest BCUT2D eigenvalue weighted by Gasteiger charge is -2.10. The van der Waals surface area contributed by atoms with Crippen molar-refractivity contribution >= 4 is 5.97 Å². The highest BCUT2D eigenvalue weighted by atomic mass is 16.5. The Morgan fingerprint density at radius 1 is 1.33 bits per heavy atom. The topological polar surface area (TPSA) is 26.3 Å². The maximum absolute atomic E-state index is 11.4. The summed E-state index contributed by atoms with van der Waals surface area (Å²) in [6, 6.07) is 0. The summed E-state index contributed by atoms with van der Waals surface area (Å²) in [5, 5.41) is 0. The molecule has 0 N–H and O–H groups in total. The Morgan fingerprint density at radius 3 is 2.47 bits per heavy atom. The molecule has 0 saturated carbocycles. The quantitative estimate of drug-likeness (QED) is 0.475. The van der Waals surface area contributed by atoms with Crippen LogP contribution >= 0.6 is 0 Å². The fourth-order valence-electron chi connectivity index (χ4n) is 1.54. The number of hydrogen-bond donors (Lipinski definition) is 0. The molecule has 0 aliphatic rings. The predicted molar refractivity (Wildman–Crippen MR) is 63.7 cm³/mol. The molecule has 1 atom stereocenters. The van der Waals surface area contributed by atoms with E-state index >= 15 is 0 Å². The zero-order valence-corrected chi connectivity index (χ0v) is 10.5. The summed E-state index contributed by atoms with van der Waals surface area (Å²) in [4.78, 5) is 11.4. The number of carbonyl (C=O) groups excluding carboxylic acids is 1. The number of rotatable bonds is 7. The molecular formula is C13H24O2. The lowest BCUT2D eigenvalue weighted by molar-refractivity contribution is -0.138. The number of carbonyl (C=O) groups is 1. The molecule has 2 heteroatoms. The van der Waals surface area contributed by atoms with E-state index in [1.54, 1.807) is 0 Å². The third-order valence-electron chi connectivity index (χ3n) is 2.54. The Kier molecular flexibility index (Phi) is 8.06. The van der Waals surface area contributed by atoms with Gasteiger partial charge in [0.15, 0.2) is 0 Å². The Bertz CT molecular complexity index is 207. The first-order chi connectivity index (χ1) is 7.15. The van der Waals surface area contributed by atoms with Crippen molar-refractivity contribution in [2.75, 3.05) is 6.61 Å². The van der Waals surface area contributed by atoms with Crippen LogP contribution in [0.3, 0.4) is 0 Å². The molecule has 88 valence electrons. The van der Waals surface area contributed by atoms with Gasteiger partial charge in [-0.2, -0.15) is 0 Å². The summed E-state index contributed by atoms with van der Waals surface area (Å²) in [6.45, 7) is 8.48. The molecule has 0 aromatic rings. The summed E-state index contributed by atoms with van der Waals surface area (Å²) in [7, 11) is 0. The van der Waals surface area contributed by atoms with Crippen molar-refractivity contribution in [3.8, 4) is 0 Å². The molecular weight excluding hydrogens is 188 g/mol. The van der Waals surface area contributed by atoms with Gasteiger partial charge in [-0.15, -0.1) is 0 Å². The van der Waals surface area contributed by atoms with E-state index < -0.39 is 0 Å². The molecule has 0 radical (unpaired) electrons. The molecule has 0 heterocycles. The van der Waals surface area contributed by atoms with Crippen LogP contribution < -0.4 is 0 Å². The fraction of sp³-hybridized carbons (Fsp3) is 0.769. The van der Waals surface area contributed by atoms with Crippen molar-refractivity contribution in [3.05, 3.63) is 11.6 Å². The van der Waals surface area contributed by atoms with Crippen molar-refractivity contribution in [1.29, 1.82) is 0 Å². The van der Waals surface area contributed by atoms with Crippen molar-refractivity contribution < 1.29 is 9.53 Å². The highest BCUT2D eigenvalue weighted by molar-refractivity contribution is 5.87. The van der Waals surface area contributed by atoms with E-state index in [9.17, 15) is 4.79 Å². The van der Waals surface area contributed by atoms with Crippen LogP contribution in [0.4, 0.5) is 0 Å². The van der Waals surface area contributed by atoms with Gasteiger partial charge in [0.25, 0.3) is 0 Å².